The summed E-state index contributed by atoms with van der Waals surface area (Å²) in [6.07, 6.45) is 4.14. The van der Waals surface area contributed by atoms with Crippen LogP contribution in [0.2, 0.25) is 0 Å². The van der Waals surface area contributed by atoms with Crippen LogP contribution >= 0.6 is 11.3 Å². The second kappa shape index (κ2) is 6.98. The summed E-state index contributed by atoms with van der Waals surface area (Å²) in [6.45, 7) is 3.73. The first-order chi connectivity index (χ1) is 9.63. The molecule has 2 aromatic rings. The minimum Gasteiger partial charge on any atom is -0.347 e. The van der Waals surface area contributed by atoms with E-state index in [9.17, 15) is 8.42 Å². The first kappa shape index (κ1) is 15.2. The molecule has 110 valence electrons. The molecule has 6 nitrogen and oxygen atoms in total. The van der Waals surface area contributed by atoms with Gasteiger partial charge in [-0.05, 0) is 24.4 Å². The lowest BCUT2D eigenvalue weighted by Gasteiger charge is -2.07. The average Bonchev–Trinajstić information content (AvgIpc) is 3.08. The van der Waals surface area contributed by atoms with Crippen LogP contribution in [0.15, 0.2) is 28.9 Å². The van der Waals surface area contributed by atoms with Crippen LogP contribution in [0.4, 0.5) is 0 Å². The van der Waals surface area contributed by atoms with E-state index in [1.54, 1.807) is 17.6 Å². The van der Waals surface area contributed by atoms with E-state index in [0.29, 0.717) is 11.4 Å². The van der Waals surface area contributed by atoms with Crippen LogP contribution in [0.5, 0.6) is 0 Å². The van der Waals surface area contributed by atoms with Gasteiger partial charge in [-0.15, -0.1) is 11.3 Å². The molecule has 3 N–H and O–H groups in total. The highest BCUT2D eigenvalue weighted by atomic mass is 32.2. The van der Waals surface area contributed by atoms with Crippen molar-refractivity contribution in [2.75, 3.05) is 6.54 Å². The molecular weight excluding hydrogens is 296 g/mol. The van der Waals surface area contributed by atoms with Gasteiger partial charge >= 0.3 is 0 Å². The van der Waals surface area contributed by atoms with Crippen LogP contribution in [0.3, 0.4) is 0 Å². The van der Waals surface area contributed by atoms with Crippen molar-refractivity contribution in [3.8, 4) is 0 Å². The third kappa shape index (κ3) is 3.89. The summed E-state index contributed by atoms with van der Waals surface area (Å²) >= 11 is 1.45. The molecule has 2 rings (SSSR count). The van der Waals surface area contributed by atoms with Crippen molar-refractivity contribution in [2.45, 2.75) is 31.3 Å². The Hall–Kier alpha value is -1.22. The van der Waals surface area contributed by atoms with Gasteiger partial charge in [0, 0.05) is 23.3 Å². The Morgan fingerprint density at radius 3 is 2.95 bits per heavy atom. The number of rotatable bonds is 8. The van der Waals surface area contributed by atoms with E-state index < -0.39 is 10.0 Å². The van der Waals surface area contributed by atoms with Crippen molar-refractivity contribution < 1.29 is 8.42 Å². The molecule has 0 aliphatic rings. The third-order valence-corrected chi connectivity index (χ3v) is 5.25. The molecule has 0 unspecified atom stereocenters. The normalized spacial score (nSPS) is 11.8. The lowest BCUT2D eigenvalue weighted by atomic mass is 10.4. The van der Waals surface area contributed by atoms with E-state index in [4.69, 9.17) is 0 Å². The van der Waals surface area contributed by atoms with E-state index in [1.807, 2.05) is 0 Å². The predicted octanol–water partition coefficient (Wildman–Crippen LogP) is 1.45. The molecule has 0 fully saturated rings. The molecule has 8 heteroatoms. The lowest BCUT2D eigenvalue weighted by Crippen LogP contribution is -2.25. The van der Waals surface area contributed by atoms with Gasteiger partial charge < -0.3 is 10.3 Å². The number of aromatic nitrogens is 2. The molecule has 0 aliphatic carbocycles. The Bertz CT molecular complexity index is 620. The summed E-state index contributed by atoms with van der Waals surface area (Å²) in [5.41, 5.74) is 0.731. The van der Waals surface area contributed by atoms with Crippen molar-refractivity contribution in [1.82, 2.24) is 20.0 Å². The number of hydrogen-bond donors (Lipinski definition) is 3. The average molecular weight is 314 g/mol. The van der Waals surface area contributed by atoms with Crippen molar-refractivity contribution in [1.29, 1.82) is 0 Å². The van der Waals surface area contributed by atoms with Crippen LogP contribution in [-0.4, -0.2) is 24.9 Å². The molecule has 0 aromatic carbocycles. The van der Waals surface area contributed by atoms with Gasteiger partial charge in [0.25, 0.3) is 0 Å². The highest BCUT2D eigenvalue weighted by molar-refractivity contribution is 7.89. The van der Waals surface area contributed by atoms with Gasteiger partial charge in [-0.1, -0.05) is 6.92 Å². The van der Waals surface area contributed by atoms with Gasteiger partial charge in [-0.3, -0.25) is 0 Å². The molecule has 0 aliphatic heterocycles. The summed E-state index contributed by atoms with van der Waals surface area (Å²) in [5.74, 6) is 0. The lowest BCUT2D eigenvalue weighted by molar-refractivity contribution is 0.578. The van der Waals surface area contributed by atoms with Crippen molar-refractivity contribution in [3.05, 3.63) is 34.5 Å². The van der Waals surface area contributed by atoms with Crippen LogP contribution in [0.25, 0.3) is 0 Å². The van der Waals surface area contributed by atoms with Crippen LogP contribution in [0.1, 0.15) is 23.9 Å². The summed E-state index contributed by atoms with van der Waals surface area (Å²) in [5, 5.41) is 5.02. The molecule has 0 saturated heterocycles. The predicted molar refractivity (Wildman–Crippen MR) is 78.9 cm³/mol. The summed E-state index contributed by atoms with van der Waals surface area (Å²) in [7, 11) is -3.49. The number of nitrogens with one attached hydrogen (secondary N) is 3. The van der Waals surface area contributed by atoms with Gasteiger partial charge in [0.05, 0.1) is 17.8 Å². The third-order valence-electron chi connectivity index (χ3n) is 2.71. The fourth-order valence-electron chi connectivity index (χ4n) is 1.71. The van der Waals surface area contributed by atoms with Crippen LogP contribution in [-0.2, 0) is 23.1 Å². The molecule has 2 aromatic heterocycles. The fourth-order valence-corrected chi connectivity index (χ4v) is 4.13. The maximum atomic E-state index is 12.3. The van der Waals surface area contributed by atoms with Crippen molar-refractivity contribution in [2.24, 2.45) is 0 Å². The van der Waals surface area contributed by atoms with Crippen LogP contribution < -0.4 is 10.0 Å². The smallest absolute Gasteiger partial charge is 0.242 e. The number of hydrogen-bond acceptors (Lipinski definition) is 5. The Balaban J connectivity index is 2.03. The zero-order valence-corrected chi connectivity index (χ0v) is 12.9. The molecule has 0 amide bonds. The Labute approximate surface area is 122 Å². The van der Waals surface area contributed by atoms with E-state index in [0.717, 1.165) is 23.5 Å². The number of imidazole rings is 1. The Morgan fingerprint density at radius 1 is 1.40 bits per heavy atom. The SMILES string of the molecule is CCCNCc1sccc1S(=O)(=O)NCc1cnc[nH]1. The monoisotopic (exact) mass is 314 g/mol. The number of aromatic amines is 1. The second-order valence-electron chi connectivity index (χ2n) is 4.29. The van der Waals surface area contributed by atoms with E-state index in [1.165, 1.54) is 17.7 Å². The first-order valence-electron chi connectivity index (χ1n) is 6.37. The maximum absolute atomic E-state index is 12.3. The maximum Gasteiger partial charge on any atom is 0.242 e. The zero-order valence-electron chi connectivity index (χ0n) is 11.2. The fraction of sp³-hybridized carbons (Fsp3) is 0.417. The van der Waals surface area contributed by atoms with Gasteiger partial charge in [0.2, 0.25) is 10.0 Å². The van der Waals surface area contributed by atoms with Gasteiger partial charge in [0.1, 0.15) is 0 Å². The summed E-state index contributed by atoms with van der Waals surface area (Å²) in [4.78, 5) is 7.90. The van der Waals surface area contributed by atoms with Gasteiger partial charge in [-0.2, -0.15) is 0 Å². The molecule has 0 spiro atoms. The Kier molecular flexibility index (Phi) is 5.30. The van der Waals surface area contributed by atoms with Crippen LogP contribution in [0, 0.1) is 0 Å². The standard InChI is InChI=1S/C12H18N4O2S2/c1-2-4-13-8-11-12(3-5-19-11)20(17,18)16-7-10-6-14-9-15-10/h3,5-6,9,13,16H,2,4,7-8H2,1H3,(H,14,15). The van der Waals surface area contributed by atoms with E-state index >= 15 is 0 Å². The van der Waals surface area contributed by atoms with E-state index in [-0.39, 0.29) is 6.54 Å². The zero-order chi connectivity index (χ0) is 14.4. The number of sulfonamides is 1. The first-order valence-corrected chi connectivity index (χ1v) is 8.73. The van der Waals surface area contributed by atoms with Gasteiger partial charge in [-0.25, -0.2) is 18.1 Å². The minimum atomic E-state index is -3.49. The summed E-state index contributed by atoms with van der Waals surface area (Å²) in [6, 6.07) is 1.64. The quantitative estimate of drug-likeness (QED) is 0.644. The molecule has 0 radical (unpaired) electrons. The van der Waals surface area contributed by atoms with Crippen molar-refractivity contribution >= 4 is 21.4 Å². The Morgan fingerprint density at radius 2 is 2.25 bits per heavy atom. The topological polar surface area (TPSA) is 86.9 Å². The molecule has 0 bridgehead atoms. The second-order valence-corrected chi connectivity index (χ2v) is 7.02. The molecule has 2 heterocycles. The highest BCUT2D eigenvalue weighted by Gasteiger charge is 2.19. The minimum absolute atomic E-state index is 0.208. The number of H-pyrrole nitrogens is 1. The largest absolute Gasteiger partial charge is 0.347 e. The van der Waals surface area contributed by atoms with Crippen molar-refractivity contribution in [3.63, 3.8) is 0 Å². The number of nitrogens with zero attached hydrogens (tertiary/aromatic N) is 1. The molecule has 0 saturated carbocycles. The molecule has 20 heavy (non-hydrogen) atoms. The number of thiophene rings is 1. The van der Waals surface area contributed by atoms with E-state index in [2.05, 4.69) is 26.9 Å². The summed E-state index contributed by atoms with van der Waals surface area (Å²) < 4.78 is 27.1. The van der Waals surface area contributed by atoms with Gasteiger partial charge in [0.15, 0.2) is 0 Å². The molecule has 0 atom stereocenters. The highest BCUT2D eigenvalue weighted by Crippen LogP contribution is 2.21. The molecular formula is C12H18N4O2S2.